The highest BCUT2D eigenvalue weighted by molar-refractivity contribution is 5.85. The van der Waals surface area contributed by atoms with Gasteiger partial charge in [-0.25, -0.2) is 4.39 Å². The summed E-state index contributed by atoms with van der Waals surface area (Å²) >= 11 is 0. The quantitative estimate of drug-likeness (QED) is 0.870. The van der Waals surface area contributed by atoms with E-state index in [0.717, 1.165) is 10.9 Å². The van der Waals surface area contributed by atoms with Crippen molar-refractivity contribution in [3.8, 4) is 11.8 Å². The second-order valence-electron chi connectivity index (χ2n) is 5.14. The maximum atomic E-state index is 13.3. The third kappa shape index (κ3) is 2.70. The van der Waals surface area contributed by atoms with Gasteiger partial charge in [0, 0.05) is 18.0 Å². The molecule has 0 unspecified atom stereocenters. The molecular formula is C16H14FN3O2. The number of hydrogen-bond donors (Lipinski definition) is 0. The van der Waals surface area contributed by atoms with Crippen molar-refractivity contribution in [2.24, 2.45) is 0 Å². The number of carbonyl (C=O) groups is 1. The van der Waals surface area contributed by atoms with Crippen molar-refractivity contribution in [1.82, 2.24) is 9.88 Å². The second kappa shape index (κ2) is 5.98. The Bertz CT molecular complexity index is 738. The number of nitrogens with zero attached hydrogens (tertiary/aromatic N) is 3. The number of carbonyl (C=O) groups excluding carboxylic acids is 1. The molecule has 1 aliphatic heterocycles. The van der Waals surface area contributed by atoms with Crippen LogP contribution >= 0.6 is 0 Å². The Morgan fingerprint density at radius 3 is 3.09 bits per heavy atom. The van der Waals surface area contributed by atoms with Gasteiger partial charge in [-0.3, -0.25) is 9.78 Å². The van der Waals surface area contributed by atoms with Crippen LogP contribution in [0, 0.1) is 11.3 Å². The monoisotopic (exact) mass is 299 g/mol. The highest BCUT2D eigenvalue weighted by atomic mass is 19.1. The summed E-state index contributed by atoms with van der Waals surface area (Å²) in [4.78, 5) is 17.6. The van der Waals surface area contributed by atoms with Crippen LogP contribution in [0.3, 0.4) is 0 Å². The van der Waals surface area contributed by atoms with Crippen molar-refractivity contribution >= 4 is 16.8 Å². The first-order valence-corrected chi connectivity index (χ1v) is 6.98. The van der Waals surface area contributed by atoms with Gasteiger partial charge in [0.2, 0.25) is 0 Å². The van der Waals surface area contributed by atoms with Crippen molar-refractivity contribution in [2.75, 3.05) is 13.2 Å². The summed E-state index contributed by atoms with van der Waals surface area (Å²) in [5.41, 5.74) is 0.771. The number of hydrogen-bond acceptors (Lipinski definition) is 4. The maximum absolute atomic E-state index is 13.3. The summed E-state index contributed by atoms with van der Waals surface area (Å²) in [5, 5.41) is 9.78. The minimum absolute atomic E-state index is 0.0441. The number of alkyl halides is 1. The van der Waals surface area contributed by atoms with Gasteiger partial charge in [0.25, 0.3) is 5.91 Å². The van der Waals surface area contributed by atoms with E-state index < -0.39 is 12.2 Å². The number of benzene rings is 1. The number of aromatic nitrogens is 1. The number of pyridine rings is 1. The fraction of sp³-hybridized carbons (Fsp3) is 0.312. The number of nitriles is 1. The summed E-state index contributed by atoms with van der Waals surface area (Å²) in [6.07, 6.45) is 0.532. The summed E-state index contributed by atoms with van der Waals surface area (Å²) in [6.45, 7) is -0.267. The lowest BCUT2D eigenvalue weighted by molar-refractivity contribution is -0.133. The molecule has 2 heterocycles. The number of para-hydroxylation sites is 1. The lowest BCUT2D eigenvalue weighted by Crippen LogP contribution is -2.38. The molecule has 1 aromatic carbocycles. The smallest absolute Gasteiger partial charge is 0.261 e. The van der Waals surface area contributed by atoms with Gasteiger partial charge < -0.3 is 9.64 Å². The van der Waals surface area contributed by atoms with E-state index in [-0.39, 0.29) is 25.5 Å². The third-order valence-electron chi connectivity index (χ3n) is 3.68. The first-order chi connectivity index (χ1) is 10.7. The van der Waals surface area contributed by atoms with Crippen LogP contribution in [0.4, 0.5) is 4.39 Å². The molecule has 1 fully saturated rings. The molecular weight excluding hydrogens is 285 g/mol. The summed E-state index contributed by atoms with van der Waals surface area (Å²) in [6, 6.07) is 10.4. The fourth-order valence-corrected chi connectivity index (χ4v) is 2.60. The number of ether oxygens (including phenoxy) is 1. The standard InChI is InChI=1S/C16H14FN3O2/c17-11-7-12(8-18)20(9-11)16(21)10-22-15-5-6-19-14-4-2-1-3-13(14)15/h1-6,11-12H,7,9-10H2/t11-,12-/m0/s1. The number of likely N-dealkylation sites (tertiary alicyclic amines) is 1. The topological polar surface area (TPSA) is 66.2 Å². The van der Waals surface area contributed by atoms with E-state index in [0.29, 0.717) is 5.75 Å². The fourth-order valence-electron chi connectivity index (χ4n) is 2.60. The number of rotatable bonds is 3. The van der Waals surface area contributed by atoms with E-state index in [4.69, 9.17) is 10.00 Å². The molecule has 2 aromatic rings. The van der Waals surface area contributed by atoms with Gasteiger partial charge in [0.05, 0.1) is 18.1 Å². The molecule has 0 bridgehead atoms. The summed E-state index contributed by atoms with van der Waals surface area (Å²) in [5.74, 6) is 0.163. The van der Waals surface area contributed by atoms with Crippen molar-refractivity contribution in [3.05, 3.63) is 36.5 Å². The average Bonchev–Trinajstić information content (AvgIpc) is 2.93. The predicted octanol–water partition coefficient (Wildman–Crippen LogP) is 2.08. The van der Waals surface area contributed by atoms with Crippen molar-refractivity contribution in [1.29, 1.82) is 5.26 Å². The minimum atomic E-state index is -1.14. The molecule has 1 aromatic heterocycles. The van der Waals surface area contributed by atoms with E-state index >= 15 is 0 Å². The van der Waals surface area contributed by atoms with Crippen molar-refractivity contribution in [3.63, 3.8) is 0 Å². The molecule has 2 atom stereocenters. The number of fused-ring (bicyclic) bond motifs is 1. The molecule has 0 radical (unpaired) electrons. The van der Waals surface area contributed by atoms with E-state index in [2.05, 4.69) is 4.98 Å². The molecule has 0 spiro atoms. The highest BCUT2D eigenvalue weighted by Gasteiger charge is 2.35. The molecule has 0 aliphatic carbocycles. The molecule has 6 heteroatoms. The molecule has 22 heavy (non-hydrogen) atoms. The zero-order chi connectivity index (χ0) is 15.5. The van der Waals surface area contributed by atoms with Crippen LogP contribution in [0.1, 0.15) is 6.42 Å². The van der Waals surface area contributed by atoms with E-state index in [1.807, 2.05) is 30.3 Å². The third-order valence-corrected chi connectivity index (χ3v) is 3.68. The van der Waals surface area contributed by atoms with Crippen LogP contribution in [0.2, 0.25) is 0 Å². The van der Waals surface area contributed by atoms with Crippen LogP contribution in [0.25, 0.3) is 10.9 Å². The molecule has 0 saturated carbocycles. The maximum Gasteiger partial charge on any atom is 0.261 e. The molecule has 1 amide bonds. The van der Waals surface area contributed by atoms with Crippen molar-refractivity contribution in [2.45, 2.75) is 18.6 Å². The summed E-state index contributed by atoms with van der Waals surface area (Å²) in [7, 11) is 0. The Balaban J connectivity index is 1.72. The normalized spacial score (nSPS) is 20.8. The van der Waals surface area contributed by atoms with E-state index in [1.54, 1.807) is 12.3 Å². The molecule has 1 aliphatic rings. The summed E-state index contributed by atoms with van der Waals surface area (Å²) < 4.78 is 18.9. The molecule has 1 saturated heterocycles. The Labute approximate surface area is 126 Å². The predicted molar refractivity (Wildman–Crippen MR) is 77.9 cm³/mol. The lowest BCUT2D eigenvalue weighted by Gasteiger charge is -2.19. The van der Waals surface area contributed by atoms with Gasteiger partial charge in [-0.1, -0.05) is 12.1 Å². The largest absolute Gasteiger partial charge is 0.483 e. The van der Waals surface area contributed by atoms with Crippen LogP contribution in [0.15, 0.2) is 36.5 Å². The van der Waals surface area contributed by atoms with E-state index in [9.17, 15) is 9.18 Å². The Morgan fingerprint density at radius 1 is 1.45 bits per heavy atom. The first-order valence-electron chi connectivity index (χ1n) is 6.98. The number of amides is 1. The number of halogens is 1. The second-order valence-corrected chi connectivity index (χ2v) is 5.14. The van der Waals surface area contributed by atoms with Crippen LogP contribution in [-0.4, -0.2) is 41.2 Å². The van der Waals surface area contributed by atoms with Gasteiger partial charge in [0.15, 0.2) is 6.61 Å². The molecule has 112 valence electrons. The Morgan fingerprint density at radius 2 is 2.27 bits per heavy atom. The van der Waals surface area contributed by atoms with Crippen LogP contribution < -0.4 is 4.74 Å². The van der Waals surface area contributed by atoms with Gasteiger partial charge in [-0.2, -0.15) is 5.26 Å². The zero-order valence-electron chi connectivity index (χ0n) is 11.8. The van der Waals surface area contributed by atoms with Gasteiger partial charge in [-0.05, 0) is 18.2 Å². The first kappa shape index (κ1) is 14.3. The van der Waals surface area contributed by atoms with Gasteiger partial charge in [0.1, 0.15) is 18.0 Å². The average molecular weight is 299 g/mol. The molecule has 0 N–H and O–H groups in total. The van der Waals surface area contributed by atoms with Gasteiger partial charge >= 0.3 is 0 Å². The molecule has 3 rings (SSSR count). The van der Waals surface area contributed by atoms with E-state index in [1.165, 1.54) is 4.90 Å². The lowest BCUT2D eigenvalue weighted by atomic mass is 10.2. The van der Waals surface area contributed by atoms with Crippen molar-refractivity contribution < 1.29 is 13.9 Å². The minimum Gasteiger partial charge on any atom is -0.483 e. The Hall–Kier alpha value is -2.68. The molecule has 5 nitrogen and oxygen atoms in total. The van der Waals surface area contributed by atoms with Crippen LogP contribution in [-0.2, 0) is 4.79 Å². The van der Waals surface area contributed by atoms with Gasteiger partial charge in [-0.15, -0.1) is 0 Å². The zero-order valence-corrected chi connectivity index (χ0v) is 11.8. The highest BCUT2D eigenvalue weighted by Crippen LogP contribution is 2.24. The van der Waals surface area contributed by atoms with Crippen LogP contribution in [0.5, 0.6) is 5.75 Å². The Kier molecular flexibility index (Phi) is 3.88. The SMILES string of the molecule is N#C[C@@H]1C[C@H](F)CN1C(=O)COc1ccnc2ccccc12.